The van der Waals surface area contributed by atoms with Crippen molar-refractivity contribution in [2.45, 2.75) is 13.8 Å². The number of pyridine rings is 2. The van der Waals surface area contributed by atoms with Crippen LogP contribution < -0.4 is 5.43 Å². The molecule has 0 aliphatic heterocycles. The Labute approximate surface area is 122 Å². The predicted octanol–water partition coefficient (Wildman–Crippen LogP) is 4.01. The van der Waals surface area contributed by atoms with Crippen LogP contribution in [0.1, 0.15) is 11.1 Å². The number of benzene rings is 1. The van der Waals surface area contributed by atoms with Crippen LogP contribution >= 0.6 is 0 Å². The molecule has 0 aliphatic carbocycles. The quantitative estimate of drug-likeness (QED) is 0.580. The monoisotopic (exact) mass is 278 g/mol. The SMILES string of the molecule is Cc1cccc(-c2cc3cccnc3nc2NN=O)c1C. The van der Waals surface area contributed by atoms with Crippen LogP contribution in [0.3, 0.4) is 0 Å². The lowest BCUT2D eigenvalue weighted by atomic mass is 9.97. The molecule has 104 valence electrons. The normalized spacial score (nSPS) is 10.6. The number of nitrogens with one attached hydrogen (secondary N) is 1. The summed E-state index contributed by atoms with van der Waals surface area (Å²) in [5, 5.41) is 3.68. The van der Waals surface area contributed by atoms with Gasteiger partial charge in [-0.1, -0.05) is 18.2 Å². The number of hydrogen-bond acceptors (Lipinski definition) is 4. The first kappa shape index (κ1) is 13.2. The van der Waals surface area contributed by atoms with Gasteiger partial charge in [0.25, 0.3) is 0 Å². The fourth-order valence-corrected chi connectivity index (χ4v) is 2.38. The van der Waals surface area contributed by atoms with Gasteiger partial charge in [-0.3, -0.25) is 0 Å². The third-order valence-corrected chi connectivity index (χ3v) is 3.64. The predicted molar refractivity (Wildman–Crippen MR) is 83.9 cm³/mol. The number of nitroso groups, excluding NO2 is 1. The summed E-state index contributed by atoms with van der Waals surface area (Å²) in [4.78, 5) is 19.2. The van der Waals surface area contributed by atoms with Gasteiger partial charge >= 0.3 is 0 Å². The van der Waals surface area contributed by atoms with Crippen LogP contribution in [-0.4, -0.2) is 9.97 Å². The molecule has 0 fully saturated rings. The van der Waals surface area contributed by atoms with Gasteiger partial charge in [0, 0.05) is 17.1 Å². The van der Waals surface area contributed by atoms with E-state index in [2.05, 4.69) is 40.6 Å². The lowest BCUT2D eigenvalue weighted by Crippen LogP contribution is -1.98. The molecule has 5 heteroatoms. The number of fused-ring (bicyclic) bond motifs is 1. The highest BCUT2D eigenvalue weighted by molar-refractivity contribution is 5.88. The molecule has 1 aromatic carbocycles. The molecule has 0 unspecified atom stereocenters. The molecule has 0 spiro atoms. The molecule has 3 rings (SSSR count). The molecule has 2 aromatic heterocycles. The van der Waals surface area contributed by atoms with Crippen LogP contribution in [0.25, 0.3) is 22.2 Å². The summed E-state index contributed by atoms with van der Waals surface area (Å²) in [5.74, 6) is 0.421. The summed E-state index contributed by atoms with van der Waals surface area (Å²) in [5.41, 5.74) is 7.22. The second kappa shape index (κ2) is 5.28. The number of aromatic nitrogens is 2. The van der Waals surface area contributed by atoms with Crippen LogP contribution in [0.2, 0.25) is 0 Å². The van der Waals surface area contributed by atoms with E-state index in [4.69, 9.17) is 0 Å². The first-order chi connectivity index (χ1) is 10.2. The average molecular weight is 278 g/mol. The highest BCUT2D eigenvalue weighted by atomic mass is 16.3. The van der Waals surface area contributed by atoms with Gasteiger partial charge in [0.05, 0.1) is 5.29 Å². The summed E-state index contributed by atoms with van der Waals surface area (Å²) in [6.07, 6.45) is 1.67. The number of aryl methyl sites for hydroxylation is 1. The lowest BCUT2D eigenvalue weighted by molar-refractivity contribution is 1.21. The minimum atomic E-state index is 0.421. The van der Waals surface area contributed by atoms with Crippen LogP contribution in [0.5, 0.6) is 0 Å². The van der Waals surface area contributed by atoms with Crippen molar-refractivity contribution < 1.29 is 0 Å². The van der Waals surface area contributed by atoms with Crippen LogP contribution in [0.4, 0.5) is 5.82 Å². The highest BCUT2D eigenvalue weighted by Gasteiger charge is 2.12. The molecular weight excluding hydrogens is 264 g/mol. The number of rotatable bonds is 3. The van der Waals surface area contributed by atoms with Gasteiger partial charge in [0.2, 0.25) is 0 Å². The second-order valence-electron chi connectivity index (χ2n) is 4.89. The zero-order valence-electron chi connectivity index (χ0n) is 11.8. The molecule has 0 saturated heterocycles. The first-order valence-corrected chi connectivity index (χ1v) is 6.61. The Bertz CT molecular complexity index is 830. The topological polar surface area (TPSA) is 67.2 Å². The second-order valence-corrected chi connectivity index (χ2v) is 4.89. The van der Waals surface area contributed by atoms with E-state index in [0.29, 0.717) is 11.5 Å². The van der Waals surface area contributed by atoms with Crippen molar-refractivity contribution in [1.29, 1.82) is 0 Å². The molecule has 5 nitrogen and oxygen atoms in total. The highest BCUT2D eigenvalue weighted by Crippen LogP contribution is 2.32. The summed E-state index contributed by atoms with van der Waals surface area (Å²) in [7, 11) is 0. The Morgan fingerprint density at radius 3 is 2.76 bits per heavy atom. The van der Waals surface area contributed by atoms with E-state index >= 15 is 0 Å². The van der Waals surface area contributed by atoms with E-state index in [1.165, 1.54) is 5.56 Å². The zero-order valence-corrected chi connectivity index (χ0v) is 11.8. The van der Waals surface area contributed by atoms with E-state index in [9.17, 15) is 4.91 Å². The van der Waals surface area contributed by atoms with E-state index < -0.39 is 0 Å². The molecule has 21 heavy (non-hydrogen) atoms. The Hall–Kier alpha value is -2.82. The van der Waals surface area contributed by atoms with Gasteiger partial charge < -0.3 is 0 Å². The molecule has 0 atom stereocenters. The molecule has 3 aromatic rings. The number of hydrogen-bond donors (Lipinski definition) is 1. The third kappa shape index (κ3) is 2.33. The lowest BCUT2D eigenvalue weighted by Gasteiger charge is -2.12. The van der Waals surface area contributed by atoms with Crippen LogP contribution in [0.15, 0.2) is 47.9 Å². The summed E-state index contributed by atoms with van der Waals surface area (Å²) in [6, 6.07) is 11.8. The maximum atomic E-state index is 10.6. The molecular formula is C16H14N4O. The van der Waals surface area contributed by atoms with E-state index in [0.717, 1.165) is 22.1 Å². The van der Waals surface area contributed by atoms with Crippen molar-refractivity contribution in [2.24, 2.45) is 5.29 Å². The average Bonchev–Trinajstić information content (AvgIpc) is 2.50. The summed E-state index contributed by atoms with van der Waals surface area (Å²) < 4.78 is 0. The van der Waals surface area contributed by atoms with Crippen LogP contribution in [0, 0.1) is 18.8 Å². The molecule has 0 radical (unpaired) electrons. The molecule has 0 saturated carbocycles. The van der Waals surface area contributed by atoms with Crippen molar-refractivity contribution in [3.63, 3.8) is 0 Å². The standard InChI is InChI=1S/C16H14N4O/c1-10-5-3-7-13(11(10)2)14-9-12-6-4-8-17-15(12)18-16(14)19-20-21/h3-9H,1-2H3,(H,17,18,19,21). The Balaban J connectivity index is 2.31. The summed E-state index contributed by atoms with van der Waals surface area (Å²) in [6.45, 7) is 4.11. The van der Waals surface area contributed by atoms with E-state index in [1.54, 1.807) is 6.20 Å². The van der Waals surface area contributed by atoms with Crippen molar-refractivity contribution in [1.82, 2.24) is 9.97 Å². The van der Waals surface area contributed by atoms with Gasteiger partial charge in [-0.05, 0) is 48.7 Å². The molecule has 2 heterocycles. The van der Waals surface area contributed by atoms with Crippen molar-refractivity contribution in [3.8, 4) is 11.1 Å². The van der Waals surface area contributed by atoms with Crippen molar-refractivity contribution >= 4 is 16.9 Å². The molecule has 1 N–H and O–H groups in total. The minimum Gasteiger partial charge on any atom is -0.237 e. The molecule has 0 bridgehead atoms. The maximum Gasteiger partial charge on any atom is 0.161 e. The smallest absolute Gasteiger partial charge is 0.161 e. The Kier molecular flexibility index (Phi) is 3.31. The Morgan fingerprint density at radius 2 is 1.95 bits per heavy atom. The summed E-state index contributed by atoms with van der Waals surface area (Å²) >= 11 is 0. The third-order valence-electron chi connectivity index (χ3n) is 3.64. The van der Waals surface area contributed by atoms with Crippen molar-refractivity contribution in [3.05, 3.63) is 58.6 Å². The van der Waals surface area contributed by atoms with Crippen molar-refractivity contribution in [2.75, 3.05) is 5.43 Å². The van der Waals surface area contributed by atoms with Gasteiger partial charge in [-0.2, -0.15) is 0 Å². The largest absolute Gasteiger partial charge is 0.237 e. The zero-order chi connectivity index (χ0) is 14.8. The van der Waals surface area contributed by atoms with Gasteiger partial charge in [-0.25, -0.2) is 15.4 Å². The minimum absolute atomic E-state index is 0.421. The first-order valence-electron chi connectivity index (χ1n) is 6.61. The molecule has 0 amide bonds. The maximum absolute atomic E-state index is 10.6. The van der Waals surface area contributed by atoms with Crippen LogP contribution in [-0.2, 0) is 0 Å². The van der Waals surface area contributed by atoms with Gasteiger partial charge in [0.1, 0.15) is 0 Å². The fraction of sp³-hybridized carbons (Fsp3) is 0.125. The molecule has 0 aliphatic rings. The fourth-order valence-electron chi connectivity index (χ4n) is 2.38. The number of anilines is 1. The van der Waals surface area contributed by atoms with E-state index in [-0.39, 0.29) is 0 Å². The Morgan fingerprint density at radius 1 is 1.10 bits per heavy atom. The van der Waals surface area contributed by atoms with Gasteiger partial charge in [0.15, 0.2) is 11.5 Å². The van der Waals surface area contributed by atoms with Gasteiger partial charge in [-0.15, -0.1) is 4.91 Å². The number of nitrogens with zero attached hydrogens (tertiary/aromatic N) is 3. The van der Waals surface area contributed by atoms with E-state index in [1.807, 2.05) is 30.3 Å².